The molecule has 1 unspecified atom stereocenters. The van der Waals surface area contributed by atoms with Crippen molar-refractivity contribution < 1.29 is 9.53 Å². The van der Waals surface area contributed by atoms with Crippen molar-refractivity contribution in [2.75, 3.05) is 0 Å². The Kier molecular flexibility index (Phi) is 4.94. The van der Waals surface area contributed by atoms with E-state index in [9.17, 15) is 4.79 Å². The molecule has 1 atom stereocenters. The summed E-state index contributed by atoms with van der Waals surface area (Å²) in [4.78, 5) is 12.3. The molecule has 2 saturated heterocycles. The number of rotatable bonds is 5. The van der Waals surface area contributed by atoms with Crippen molar-refractivity contribution in [1.82, 2.24) is 10.6 Å². The van der Waals surface area contributed by atoms with Crippen LogP contribution in [0.2, 0.25) is 0 Å². The van der Waals surface area contributed by atoms with E-state index in [0.717, 1.165) is 31.6 Å². The van der Waals surface area contributed by atoms with Gasteiger partial charge in [-0.15, -0.1) is 0 Å². The number of piperidine rings is 1. The van der Waals surface area contributed by atoms with E-state index in [4.69, 9.17) is 4.74 Å². The molecule has 1 amide bonds. The Morgan fingerprint density at radius 3 is 2.27 bits per heavy atom. The maximum atomic E-state index is 12.3. The fourth-order valence-corrected chi connectivity index (χ4v) is 4.40. The fraction of sp³-hybridized carbons (Fsp3) is 0.944. The second-order valence-electron chi connectivity index (χ2n) is 9.01. The first-order chi connectivity index (χ1) is 10.0. The lowest BCUT2D eigenvalue weighted by atomic mass is 9.77. The number of unbranched alkanes of at least 4 members (excludes halogenated alkanes) is 1. The molecule has 0 bridgehead atoms. The van der Waals surface area contributed by atoms with Crippen LogP contribution in [0.15, 0.2) is 0 Å². The molecule has 2 heterocycles. The van der Waals surface area contributed by atoms with E-state index in [1.807, 2.05) is 0 Å². The molecule has 128 valence electrons. The standard InChI is InChI=1S/C18H34N2O2/c1-13(2)9-7-8-10-14-15(21)19-18(22-14)11-16(3,4)20-17(5,6)12-18/h13-14,20H,7-12H2,1-6H3,(H,19,21). The molecule has 2 rings (SSSR count). The summed E-state index contributed by atoms with van der Waals surface area (Å²) in [7, 11) is 0. The second kappa shape index (κ2) is 6.12. The number of amides is 1. The highest BCUT2D eigenvalue weighted by atomic mass is 16.5. The molecule has 4 heteroatoms. The molecule has 0 saturated carbocycles. The summed E-state index contributed by atoms with van der Waals surface area (Å²) in [5.74, 6) is 0.814. The van der Waals surface area contributed by atoms with Gasteiger partial charge in [0.25, 0.3) is 5.91 Å². The van der Waals surface area contributed by atoms with Gasteiger partial charge in [0.15, 0.2) is 0 Å². The van der Waals surface area contributed by atoms with Crippen molar-refractivity contribution in [2.24, 2.45) is 5.92 Å². The molecule has 0 aromatic rings. The second-order valence-corrected chi connectivity index (χ2v) is 9.01. The molecule has 1 spiro atoms. The first-order valence-corrected chi connectivity index (χ1v) is 8.82. The lowest BCUT2D eigenvalue weighted by Crippen LogP contribution is -2.66. The summed E-state index contributed by atoms with van der Waals surface area (Å²) in [5, 5.41) is 6.83. The summed E-state index contributed by atoms with van der Waals surface area (Å²) in [6.45, 7) is 13.2. The van der Waals surface area contributed by atoms with Crippen LogP contribution >= 0.6 is 0 Å². The lowest BCUT2D eigenvalue weighted by molar-refractivity contribution is -0.127. The fourth-order valence-electron chi connectivity index (χ4n) is 4.40. The first-order valence-electron chi connectivity index (χ1n) is 8.82. The van der Waals surface area contributed by atoms with Gasteiger partial charge in [-0.3, -0.25) is 4.79 Å². The van der Waals surface area contributed by atoms with Gasteiger partial charge in [0, 0.05) is 23.9 Å². The Morgan fingerprint density at radius 1 is 1.14 bits per heavy atom. The maximum absolute atomic E-state index is 12.3. The number of carbonyl (C=O) groups is 1. The highest BCUT2D eigenvalue weighted by molar-refractivity contribution is 5.83. The van der Waals surface area contributed by atoms with Crippen molar-refractivity contribution in [1.29, 1.82) is 0 Å². The molecule has 0 radical (unpaired) electrons. The van der Waals surface area contributed by atoms with Crippen molar-refractivity contribution in [3.8, 4) is 0 Å². The highest BCUT2D eigenvalue weighted by Gasteiger charge is 2.54. The van der Waals surface area contributed by atoms with Crippen LogP contribution in [0.3, 0.4) is 0 Å². The molecule has 2 fully saturated rings. The van der Waals surface area contributed by atoms with Crippen molar-refractivity contribution in [3.05, 3.63) is 0 Å². The Morgan fingerprint density at radius 2 is 1.73 bits per heavy atom. The van der Waals surface area contributed by atoms with Crippen LogP contribution in [0.5, 0.6) is 0 Å². The zero-order chi connectivity index (χ0) is 16.6. The van der Waals surface area contributed by atoms with E-state index in [2.05, 4.69) is 52.2 Å². The van der Waals surface area contributed by atoms with Crippen LogP contribution in [0.1, 0.15) is 80.1 Å². The molecular formula is C18H34N2O2. The molecule has 0 aliphatic carbocycles. The third-order valence-electron chi connectivity index (χ3n) is 4.64. The molecule has 4 nitrogen and oxygen atoms in total. The van der Waals surface area contributed by atoms with Gasteiger partial charge in [0.2, 0.25) is 0 Å². The zero-order valence-corrected chi connectivity index (χ0v) is 15.2. The van der Waals surface area contributed by atoms with Crippen LogP contribution in [-0.4, -0.2) is 28.8 Å². The quantitative estimate of drug-likeness (QED) is 0.766. The third kappa shape index (κ3) is 4.45. The predicted molar refractivity (Wildman–Crippen MR) is 89.6 cm³/mol. The Bertz CT molecular complexity index is 399. The topological polar surface area (TPSA) is 50.4 Å². The van der Waals surface area contributed by atoms with Gasteiger partial charge in [0.05, 0.1) is 0 Å². The number of carbonyl (C=O) groups excluding carboxylic acids is 1. The van der Waals surface area contributed by atoms with Gasteiger partial charge in [-0.25, -0.2) is 0 Å². The molecule has 2 aliphatic heterocycles. The largest absolute Gasteiger partial charge is 0.343 e. The monoisotopic (exact) mass is 310 g/mol. The molecule has 0 aromatic carbocycles. The van der Waals surface area contributed by atoms with Crippen LogP contribution in [-0.2, 0) is 9.53 Å². The van der Waals surface area contributed by atoms with Gasteiger partial charge in [-0.1, -0.05) is 33.1 Å². The van der Waals surface area contributed by atoms with E-state index >= 15 is 0 Å². The number of hydrogen-bond donors (Lipinski definition) is 2. The normalized spacial score (nSPS) is 29.0. The van der Waals surface area contributed by atoms with Crippen molar-refractivity contribution >= 4 is 5.91 Å². The summed E-state index contributed by atoms with van der Waals surface area (Å²) in [6.07, 6.45) is 5.68. The zero-order valence-electron chi connectivity index (χ0n) is 15.2. The summed E-state index contributed by atoms with van der Waals surface area (Å²) in [5.41, 5.74) is -0.568. The van der Waals surface area contributed by atoms with Crippen molar-refractivity contribution in [2.45, 2.75) is 103 Å². The Hall–Kier alpha value is -0.610. The summed E-state index contributed by atoms with van der Waals surface area (Å²) < 4.78 is 6.28. The highest BCUT2D eigenvalue weighted by Crippen LogP contribution is 2.40. The lowest BCUT2D eigenvalue weighted by Gasteiger charge is -2.50. The summed E-state index contributed by atoms with van der Waals surface area (Å²) >= 11 is 0. The van der Waals surface area contributed by atoms with Gasteiger partial charge in [0.1, 0.15) is 11.8 Å². The number of ether oxygens (including phenoxy) is 1. The van der Waals surface area contributed by atoms with Crippen LogP contribution in [0.25, 0.3) is 0 Å². The summed E-state index contributed by atoms with van der Waals surface area (Å²) in [6, 6.07) is 0. The molecule has 2 N–H and O–H groups in total. The molecule has 22 heavy (non-hydrogen) atoms. The molecular weight excluding hydrogens is 276 g/mol. The molecule has 2 aliphatic rings. The minimum absolute atomic E-state index is 0.0401. The number of hydrogen-bond acceptors (Lipinski definition) is 3. The van der Waals surface area contributed by atoms with E-state index in [1.54, 1.807) is 0 Å². The minimum Gasteiger partial charge on any atom is -0.343 e. The SMILES string of the molecule is CC(C)CCCCC1OC2(CC(C)(C)NC(C)(C)C2)NC1=O. The Balaban J connectivity index is 1.95. The first kappa shape index (κ1) is 17.7. The van der Waals surface area contributed by atoms with Gasteiger partial charge in [-0.05, 0) is 40.0 Å². The van der Waals surface area contributed by atoms with Gasteiger partial charge in [-0.2, -0.15) is 0 Å². The van der Waals surface area contributed by atoms with Crippen LogP contribution < -0.4 is 10.6 Å². The van der Waals surface area contributed by atoms with E-state index in [-0.39, 0.29) is 23.1 Å². The average molecular weight is 310 g/mol. The Labute approximate surface area is 135 Å². The maximum Gasteiger partial charge on any atom is 0.251 e. The smallest absolute Gasteiger partial charge is 0.251 e. The minimum atomic E-state index is -0.488. The number of nitrogens with one attached hydrogen (secondary N) is 2. The van der Waals surface area contributed by atoms with Crippen LogP contribution in [0.4, 0.5) is 0 Å². The van der Waals surface area contributed by atoms with Gasteiger partial charge < -0.3 is 15.4 Å². The third-order valence-corrected chi connectivity index (χ3v) is 4.64. The average Bonchev–Trinajstić information content (AvgIpc) is 2.55. The van der Waals surface area contributed by atoms with E-state index in [1.165, 1.54) is 12.8 Å². The van der Waals surface area contributed by atoms with E-state index in [0.29, 0.717) is 0 Å². The van der Waals surface area contributed by atoms with E-state index < -0.39 is 5.72 Å². The molecule has 0 aromatic heterocycles. The van der Waals surface area contributed by atoms with Crippen molar-refractivity contribution in [3.63, 3.8) is 0 Å². The van der Waals surface area contributed by atoms with Crippen LogP contribution in [0, 0.1) is 5.92 Å². The predicted octanol–water partition coefficient (Wildman–Crippen LogP) is 3.35. The van der Waals surface area contributed by atoms with Gasteiger partial charge >= 0.3 is 0 Å².